The predicted octanol–water partition coefficient (Wildman–Crippen LogP) is 2.97. The summed E-state index contributed by atoms with van der Waals surface area (Å²) in [4.78, 5) is 11.4. The van der Waals surface area contributed by atoms with Crippen LogP contribution in [0.15, 0.2) is 59.7 Å². The summed E-state index contributed by atoms with van der Waals surface area (Å²) in [5.41, 5.74) is 1.81. The van der Waals surface area contributed by atoms with Crippen molar-refractivity contribution >= 4 is 12.1 Å². The lowest BCUT2D eigenvalue weighted by molar-refractivity contribution is -0.128. The number of amides is 1. The minimum Gasteiger partial charge on any atom is -0.488 e. The zero-order chi connectivity index (χ0) is 16.5. The van der Waals surface area contributed by atoms with E-state index < -0.39 is 0 Å². The van der Waals surface area contributed by atoms with E-state index in [0.717, 1.165) is 16.1 Å². The summed E-state index contributed by atoms with van der Waals surface area (Å²) in [5.74, 6) is 0.381. The molecule has 0 aliphatic heterocycles. The van der Waals surface area contributed by atoms with Gasteiger partial charge in [0.2, 0.25) is 5.91 Å². The molecular formula is C18H17N3O2. The Morgan fingerprint density at radius 3 is 2.61 bits per heavy atom. The van der Waals surface area contributed by atoms with Crippen molar-refractivity contribution < 1.29 is 9.53 Å². The highest BCUT2D eigenvalue weighted by Crippen LogP contribution is 2.17. The number of hydrazone groups is 1. The smallest absolute Gasteiger partial charge is 0.240 e. The third-order valence-electron chi connectivity index (χ3n) is 3.08. The van der Waals surface area contributed by atoms with E-state index in [0.29, 0.717) is 12.4 Å². The largest absolute Gasteiger partial charge is 0.488 e. The van der Waals surface area contributed by atoms with Crippen molar-refractivity contribution in [3.05, 3.63) is 65.7 Å². The van der Waals surface area contributed by atoms with E-state index >= 15 is 0 Å². The fourth-order valence-electron chi connectivity index (χ4n) is 1.89. The SMILES string of the molecule is CC(=O)N(CC#N)/N=C/c1ccccc1OCc1ccccc1. The molecule has 0 saturated heterocycles. The molecule has 0 unspecified atom stereocenters. The van der Waals surface area contributed by atoms with Gasteiger partial charge < -0.3 is 4.74 Å². The molecule has 0 radical (unpaired) electrons. The molecule has 0 atom stereocenters. The van der Waals surface area contributed by atoms with Gasteiger partial charge in [0.1, 0.15) is 18.9 Å². The molecule has 0 aliphatic rings. The van der Waals surface area contributed by atoms with Gasteiger partial charge in [0, 0.05) is 12.5 Å². The Kier molecular flexibility index (Phi) is 5.89. The minimum absolute atomic E-state index is 0.0845. The zero-order valence-corrected chi connectivity index (χ0v) is 12.8. The number of rotatable bonds is 6. The molecule has 0 saturated carbocycles. The Balaban J connectivity index is 2.11. The Labute approximate surface area is 135 Å². The van der Waals surface area contributed by atoms with E-state index in [-0.39, 0.29) is 12.5 Å². The van der Waals surface area contributed by atoms with Crippen LogP contribution in [0.3, 0.4) is 0 Å². The van der Waals surface area contributed by atoms with E-state index in [1.165, 1.54) is 13.1 Å². The standard InChI is InChI=1S/C18H17N3O2/c1-15(22)21(12-11-19)20-13-17-9-5-6-10-18(17)23-14-16-7-3-2-4-8-16/h2-10,13H,12,14H2,1H3/b20-13+. The van der Waals surface area contributed by atoms with E-state index in [2.05, 4.69) is 5.10 Å². The van der Waals surface area contributed by atoms with Crippen LogP contribution in [0.2, 0.25) is 0 Å². The number of para-hydroxylation sites is 1. The van der Waals surface area contributed by atoms with Crippen molar-refractivity contribution in [1.29, 1.82) is 5.26 Å². The lowest BCUT2D eigenvalue weighted by Crippen LogP contribution is -2.23. The highest BCUT2D eigenvalue weighted by Gasteiger charge is 2.06. The maximum absolute atomic E-state index is 11.4. The van der Waals surface area contributed by atoms with Crippen LogP contribution >= 0.6 is 0 Å². The van der Waals surface area contributed by atoms with Gasteiger partial charge in [0.05, 0.1) is 12.3 Å². The average molecular weight is 307 g/mol. The molecule has 23 heavy (non-hydrogen) atoms. The fraction of sp³-hybridized carbons (Fsp3) is 0.167. The maximum Gasteiger partial charge on any atom is 0.240 e. The molecule has 2 rings (SSSR count). The van der Waals surface area contributed by atoms with Crippen molar-refractivity contribution in [1.82, 2.24) is 5.01 Å². The lowest BCUT2D eigenvalue weighted by Gasteiger charge is -2.11. The van der Waals surface area contributed by atoms with Gasteiger partial charge in [-0.15, -0.1) is 0 Å². The molecule has 2 aromatic carbocycles. The molecule has 5 nitrogen and oxygen atoms in total. The van der Waals surface area contributed by atoms with Crippen LogP contribution in [0.5, 0.6) is 5.75 Å². The Hall–Kier alpha value is -3.13. The highest BCUT2D eigenvalue weighted by atomic mass is 16.5. The maximum atomic E-state index is 11.4. The summed E-state index contributed by atoms with van der Waals surface area (Å²) in [5, 5.41) is 13.9. The summed E-state index contributed by atoms with van der Waals surface area (Å²) >= 11 is 0. The van der Waals surface area contributed by atoms with E-state index in [1.807, 2.05) is 60.7 Å². The molecular weight excluding hydrogens is 290 g/mol. The Morgan fingerprint density at radius 2 is 1.91 bits per heavy atom. The summed E-state index contributed by atoms with van der Waals surface area (Å²) < 4.78 is 5.82. The van der Waals surface area contributed by atoms with Crippen LogP contribution in [-0.4, -0.2) is 23.7 Å². The van der Waals surface area contributed by atoms with Gasteiger partial charge in [0.15, 0.2) is 0 Å². The van der Waals surface area contributed by atoms with Gasteiger partial charge in [-0.05, 0) is 17.7 Å². The van der Waals surface area contributed by atoms with Crippen LogP contribution in [-0.2, 0) is 11.4 Å². The minimum atomic E-state index is -0.287. The molecule has 0 N–H and O–H groups in total. The predicted molar refractivity (Wildman–Crippen MR) is 87.8 cm³/mol. The number of carbonyl (C=O) groups is 1. The molecule has 0 aliphatic carbocycles. The first-order valence-electron chi connectivity index (χ1n) is 7.15. The van der Waals surface area contributed by atoms with Crippen molar-refractivity contribution in [2.45, 2.75) is 13.5 Å². The normalized spacial score (nSPS) is 10.3. The van der Waals surface area contributed by atoms with E-state index in [9.17, 15) is 4.79 Å². The first-order valence-corrected chi connectivity index (χ1v) is 7.15. The summed E-state index contributed by atoms with van der Waals surface area (Å²) in [7, 11) is 0. The monoisotopic (exact) mass is 307 g/mol. The number of benzene rings is 2. The van der Waals surface area contributed by atoms with Crippen molar-refractivity contribution in [2.24, 2.45) is 5.10 Å². The van der Waals surface area contributed by atoms with Gasteiger partial charge in [-0.25, -0.2) is 5.01 Å². The molecule has 0 fully saturated rings. The first-order chi connectivity index (χ1) is 11.2. The van der Waals surface area contributed by atoms with Crippen molar-refractivity contribution in [3.63, 3.8) is 0 Å². The van der Waals surface area contributed by atoms with Gasteiger partial charge in [0.25, 0.3) is 0 Å². The highest BCUT2D eigenvalue weighted by molar-refractivity contribution is 5.84. The molecule has 1 amide bonds. The number of hydrogen-bond acceptors (Lipinski definition) is 4. The average Bonchev–Trinajstić information content (AvgIpc) is 2.58. The molecule has 0 spiro atoms. The zero-order valence-electron chi connectivity index (χ0n) is 12.8. The molecule has 116 valence electrons. The van der Waals surface area contributed by atoms with Gasteiger partial charge in [-0.3, -0.25) is 4.79 Å². The van der Waals surface area contributed by atoms with Crippen LogP contribution in [0.25, 0.3) is 0 Å². The molecule has 2 aromatic rings. The topological polar surface area (TPSA) is 65.7 Å². The van der Waals surface area contributed by atoms with Gasteiger partial charge >= 0.3 is 0 Å². The van der Waals surface area contributed by atoms with Crippen LogP contribution in [0.4, 0.5) is 0 Å². The van der Waals surface area contributed by atoms with Gasteiger partial charge in [-0.2, -0.15) is 10.4 Å². The molecule has 0 heterocycles. The summed E-state index contributed by atoms with van der Waals surface area (Å²) in [6.45, 7) is 1.73. The lowest BCUT2D eigenvalue weighted by atomic mass is 10.2. The van der Waals surface area contributed by atoms with E-state index in [1.54, 1.807) is 0 Å². The van der Waals surface area contributed by atoms with Gasteiger partial charge in [-0.1, -0.05) is 42.5 Å². The fourth-order valence-corrected chi connectivity index (χ4v) is 1.89. The number of hydrogen-bond donors (Lipinski definition) is 0. The Morgan fingerprint density at radius 1 is 1.22 bits per heavy atom. The van der Waals surface area contributed by atoms with Crippen molar-refractivity contribution in [3.8, 4) is 11.8 Å². The third-order valence-corrected chi connectivity index (χ3v) is 3.08. The Bertz CT molecular complexity index is 721. The number of ether oxygens (including phenoxy) is 1. The number of carbonyl (C=O) groups excluding carboxylic acids is 1. The second-order valence-electron chi connectivity index (χ2n) is 4.79. The number of nitrogens with zero attached hydrogens (tertiary/aromatic N) is 3. The quantitative estimate of drug-likeness (QED) is 0.468. The van der Waals surface area contributed by atoms with E-state index in [4.69, 9.17) is 10.00 Å². The van der Waals surface area contributed by atoms with Crippen LogP contribution in [0, 0.1) is 11.3 Å². The summed E-state index contributed by atoms with van der Waals surface area (Å²) in [6, 6.07) is 19.2. The van der Waals surface area contributed by atoms with Crippen LogP contribution < -0.4 is 4.74 Å². The molecule has 0 bridgehead atoms. The third kappa shape index (κ3) is 4.97. The summed E-state index contributed by atoms with van der Waals surface area (Å²) in [6.07, 6.45) is 1.53. The first kappa shape index (κ1) is 16.2. The number of nitriles is 1. The second-order valence-corrected chi connectivity index (χ2v) is 4.79. The second kappa shape index (κ2) is 8.35. The molecule has 0 aromatic heterocycles. The van der Waals surface area contributed by atoms with Crippen LogP contribution in [0.1, 0.15) is 18.1 Å². The van der Waals surface area contributed by atoms with Crippen molar-refractivity contribution in [2.75, 3.05) is 6.54 Å². The molecule has 5 heteroatoms.